The molecule has 0 radical (unpaired) electrons. The molecule has 2 saturated heterocycles. The number of imidazole rings is 2. The van der Waals surface area contributed by atoms with Gasteiger partial charge < -0.3 is 45.0 Å². The molecule has 3 aliphatic heterocycles. The number of aromatic amines is 2. The summed E-state index contributed by atoms with van der Waals surface area (Å²) in [5.41, 5.74) is 9.53. The van der Waals surface area contributed by atoms with Crippen molar-refractivity contribution in [1.29, 1.82) is 0 Å². The number of morpholine rings is 1. The Bertz CT molecular complexity index is 2160. The van der Waals surface area contributed by atoms with E-state index in [9.17, 15) is 14.4 Å². The quantitative estimate of drug-likeness (QED) is 0.153. The number of ether oxygens (including phenoxy) is 3. The molecule has 3 aliphatic rings. The Hall–Kier alpha value is -5.28. The van der Waals surface area contributed by atoms with Crippen molar-refractivity contribution in [2.24, 2.45) is 23.5 Å². The molecule has 4 aromatic rings. The molecule has 5 heterocycles. The fourth-order valence-corrected chi connectivity index (χ4v) is 8.16. The van der Waals surface area contributed by atoms with E-state index in [2.05, 4.69) is 32.2 Å². The fourth-order valence-electron chi connectivity index (χ4n) is 8.16. The molecular weight excluding hydrogens is 732 g/mol. The van der Waals surface area contributed by atoms with E-state index in [4.69, 9.17) is 19.9 Å². The van der Waals surface area contributed by atoms with E-state index in [0.29, 0.717) is 59.7 Å². The first-order valence-corrected chi connectivity index (χ1v) is 19.6. The molecular formula is C42H53FN8O6. The minimum atomic E-state index is -0.783. The number of methoxy groups -OCH3 is 1. The van der Waals surface area contributed by atoms with Gasteiger partial charge in [-0.05, 0) is 54.5 Å². The molecule has 15 heteroatoms. The number of carbonyl (C=O) groups is 3. The monoisotopic (exact) mass is 784 g/mol. The highest BCUT2D eigenvalue weighted by molar-refractivity contribution is 5.86. The Morgan fingerprint density at radius 2 is 1.63 bits per heavy atom. The number of hydrogen-bond donors (Lipinski definition) is 4. The normalized spacial score (nSPS) is 21.2. The molecule has 3 amide bonds. The second-order valence-corrected chi connectivity index (χ2v) is 16.7. The standard InChI is InChI=1S/C42H53FN8O6/c1-21(2)35(44)39(52)51-19-23(5)13-31(51)37-46-18-30(48-37)25-15-34-27(16-28(25)43)42(6,7)26-14-24(9-10-33(26)57-34)29-17-45-38(47-29)32-20-56-12-11-50(32)40(53)36(22(3)4)49-41(54)55-8/h9-10,14-18,21-23,31-32,35-36H,11-13,19-20,44H2,1-8H3,(H,45,47)(H,46,48)(H,49,54). The zero-order valence-electron chi connectivity index (χ0n) is 33.8. The lowest BCUT2D eigenvalue weighted by atomic mass is 9.75. The Morgan fingerprint density at radius 3 is 2.33 bits per heavy atom. The van der Waals surface area contributed by atoms with Crippen LogP contribution in [0.3, 0.4) is 0 Å². The number of hydrogen-bond acceptors (Lipinski definition) is 9. The number of nitrogens with one attached hydrogen (secondary N) is 3. The number of halogens is 1. The maximum atomic E-state index is 16.2. The van der Waals surface area contributed by atoms with Gasteiger partial charge in [-0.2, -0.15) is 0 Å². The van der Waals surface area contributed by atoms with E-state index < -0.39 is 35.5 Å². The molecule has 2 fully saturated rings. The summed E-state index contributed by atoms with van der Waals surface area (Å²) in [6.07, 6.45) is 3.38. The van der Waals surface area contributed by atoms with Gasteiger partial charge in [0.05, 0.1) is 56.2 Å². The SMILES string of the molecule is COC(=O)NC(C(=O)N1CCOCC1c1ncc(-c2ccc3c(c2)C(C)(C)c2cc(F)c(-c4cnc(C5CC(C)CN5C(=O)C(N)C(C)C)[nH]4)cc2O3)[nH]1)C(C)C. The highest BCUT2D eigenvalue weighted by Gasteiger charge is 2.40. The van der Waals surface area contributed by atoms with Crippen LogP contribution < -0.4 is 15.8 Å². The van der Waals surface area contributed by atoms with Crippen molar-refractivity contribution in [3.8, 4) is 34.0 Å². The number of carbonyl (C=O) groups excluding carboxylic acids is 3. The van der Waals surface area contributed by atoms with Gasteiger partial charge in [0.25, 0.3) is 0 Å². The van der Waals surface area contributed by atoms with Crippen LogP contribution in [0.5, 0.6) is 11.5 Å². The Morgan fingerprint density at radius 1 is 0.947 bits per heavy atom. The van der Waals surface area contributed by atoms with E-state index in [0.717, 1.165) is 23.2 Å². The van der Waals surface area contributed by atoms with Crippen LogP contribution in [0.25, 0.3) is 22.5 Å². The summed E-state index contributed by atoms with van der Waals surface area (Å²) in [6, 6.07) is 6.90. The summed E-state index contributed by atoms with van der Waals surface area (Å²) in [7, 11) is 1.26. The Labute approximate surface area is 332 Å². The van der Waals surface area contributed by atoms with Gasteiger partial charge in [0.2, 0.25) is 11.8 Å². The number of likely N-dealkylation sites (tertiary alicyclic amines) is 1. The van der Waals surface area contributed by atoms with Crippen LogP contribution in [-0.4, -0.2) is 93.1 Å². The first-order chi connectivity index (χ1) is 27.1. The van der Waals surface area contributed by atoms with Crippen molar-refractivity contribution in [3.05, 3.63) is 71.3 Å². The van der Waals surface area contributed by atoms with Crippen LogP contribution in [0.15, 0.2) is 42.7 Å². The van der Waals surface area contributed by atoms with Crippen molar-refractivity contribution in [2.45, 2.75) is 84.5 Å². The van der Waals surface area contributed by atoms with Crippen LogP contribution in [0, 0.1) is 23.6 Å². The molecule has 5 atom stereocenters. The lowest BCUT2D eigenvalue weighted by Gasteiger charge is -2.37. The summed E-state index contributed by atoms with van der Waals surface area (Å²) in [6.45, 7) is 15.3. The lowest BCUT2D eigenvalue weighted by molar-refractivity contribution is -0.143. The average molecular weight is 785 g/mol. The number of amides is 3. The third-order valence-corrected chi connectivity index (χ3v) is 11.6. The highest BCUT2D eigenvalue weighted by atomic mass is 19.1. The molecule has 2 aromatic carbocycles. The maximum absolute atomic E-state index is 16.2. The van der Waals surface area contributed by atoms with Crippen molar-refractivity contribution in [2.75, 3.05) is 33.4 Å². The highest BCUT2D eigenvalue weighted by Crippen LogP contribution is 2.50. The zero-order chi connectivity index (χ0) is 40.9. The van der Waals surface area contributed by atoms with Gasteiger partial charge in [0.15, 0.2) is 0 Å². The Kier molecular flexibility index (Phi) is 10.9. The van der Waals surface area contributed by atoms with Gasteiger partial charge in [-0.3, -0.25) is 9.59 Å². The molecule has 5 unspecified atom stereocenters. The number of nitrogens with zero attached hydrogens (tertiary/aromatic N) is 4. The molecule has 2 aromatic heterocycles. The summed E-state index contributed by atoms with van der Waals surface area (Å²) in [4.78, 5) is 58.6. The molecule has 57 heavy (non-hydrogen) atoms. The predicted molar refractivity (Wildman–Crippen MR) is 211 cm³/mol. The first-order valence-electron chi connectivity index (χ1n) is 19.6. The van der Waals surface area contributed by atoms with Gasteiger partial charge in [0.1, 0.15) is 41.0 Å². The molecule has 5 N–H and O–H groups in total. The second kappa shape index (κ2) is 15.6. The van der Waals surface area contributed by atoms with Crippen molar-refractivity contribution < 1.29 is 33.0 Å². The van der Waals surface area contributed by atoms with Crippen LogP contribution in [0.2, 0.25) is 0 Å². The smallest absolute Gasteiger partial charge is 0.407 e. The van der Waals surface area contributed by atoms with Crippen molar-refractivity contribution in [3.63, 3.8) is 0 Å². The van der Waals surface area contributed by atoms with E-state index in [1.165, 1.54) is 13.2 Å². The number of nitrogens with two attached hydrogens (primary N) is 1. The molecule has 14 nitrogen and oxygen atoms in total. The summed E-state index contributed by atoms with van der Waals surface area (Å²) in [5.74, 6) is 1.64. The maximum Gasteiger partial charge on any atom is 0.407 e. The van der Waals surface area contributed by atoms with Crippen LogP contribution >= 0.6 is 0 Å². The minimum Gasteiger partial charge on any atom is -0.457 e. The zero-order valence-corrected chi connectivity index (χ0v) is 33.8. The van der Waals surface area contributed by atoms with Gasteiger partial charge in [0, 0.05) is 40.8 Å². The van der Waals surface area contributed by atoms with Crippen LogP contribution in [0.4, 0.5) is 9.18 Å². The summed E-state index contributed by atoms with van der Waals surface area (Å²) < 4.78 is 33.2. The lowest BCUT2D eigenvalue weighted by Crippen LogP contribution is -2.54. The predicted octanol–water partition coefficient (Wildman–Crippen LogP) is 6.21. The minimum absolute atomic E-state index is 0.000198. The van der Waals surface area contributed by atoms with Crippen molar-refractivity contribution in [1.82, 2.24) is 35.1 Å². The second-order valence-electron chi connectivity index (χ2n) is 16.7. The van der Waals surface area contributed by atoms with E-state index in [-0.39, 0.29) is 42.2 Å². The Balaban J connectivity index is 1.12. The van der Waals surface area contributed by atoms with Crippen LogP contribution in [-0.2, 0) is 24.5 Å². The topological polar surface area (TPSA) is 181 Å². The van der Waals surface area contributed by atoms with E-state index in [1.54, 1.807) is 28.3 Å². The average Bonchev–Trinajstić information content (AvgIpc) is 3.96. The van der Waals surface area contributed by atoms with Gasteiger partial charge in [-0.1, -0.05) is 48.5 Å². The fraction of sp³-hybridized carbons (Fsp3) is 0.500. The summed E-state index contributed by atoms with van der Waals surface area (Å²) >= 11 is 0. The van der Waals surface area contributed by atoms with Gasteiger partial charge in [-0.15, -0.1) is 0 Å². The largest absolute Gasteiger partial charge is 0.457 e. The number of aromatic nitrogens is 4. The third-order valence-electron chi connectivity index (χ3n) is 11.6. The molecule has 0 aliphatic carbocycles. The number of H-pyrrole nitrogens is 2. The van der Waals surface area contributed by atoms with Gasteiger partial charge in [-0.25, -0.2) is 19.2 Å². The molecule has 0 saturated carbocycles. The van der Waals surface area contributed by atoms with Crippen LogP contribution in [0.1, 0.15) is 89.7 Å². The number of benzene rings is 2. The summed E-state index contributed by atoms with van der Waals surface area (Å²) in [5, 5.41) is 2.67. The molecule has 0 spiro atoms. The third kappa shape index (κ3) is 7.50. The molecule has 7 rings (SSSR count). The number of alkyl carbamates (subject to hydrolysis) is 1. The molecule has 304 valence electrons. The number of rotatable bonds is 9. The number of fused-ring (bicyclic) bond motifs is 2. The molecule has 0 bridgehead atoms. The van der Waals surface area contributed by atoms with E-state index >= 15 is 4.39 Å². The van der Waals surface area contributed by atoms with E-state index in [1.807, 2.05) is 59.7 Å². The van der Waals surface area contributed by atoms with Crippen molar-refractivity contribution >= 4 is 17.9 Å². The first kappa shape index (κ1) is 39.9. The van der Waals surface area contributed by atoms with Gasteiger partial charge >= 0.3 is 6.09 Å².